The molecule has 6 N–H and O–H groups in total. The second-order valence-corrected chi connectivity index (χ2v) is 29.8. The van der Waals surface area contributed by atoms with Crippen molar-refractivity contribution in [2.45, 2.75) is 188 Å². The van der Waals surface area contributed by atoms with E-state index in [1.54, 1.807) is 27.9 Å². The maximum Gasteiger partial charge on any atom is 1.00 e. The van der Waals surface area contributed by atoms with Gasteiger partial charge in [0.2, 0.25) is 23.6 Å². The summed E-state index contributed by atoms with van der Waals surface area (Å²) in [6.07, 6.45) is 9.10. The molecule has 0 aliphatic rings. The average molecular weight is 1500 g/mol. The van der Waals surface area contributed by atoms with Crippen LogP contribution in [0.25, 0.3) is 0 Å². The minimum Gasteiger partial charge on any atom is -0.790 e. The zero-order chi connectivity index (χ0) is 76.4. The van der Waals surface area contributed by atoms with Gasteiger partial charge in [-0.05, 0) is 112 Å². The first-order valence-corrected chi connectivity index (χ1v) is 37.7. The Bertz CT molecular complexity index is 2270. The predicted octanol–water partition coefficient (Wildman–Crippen LogP) is 0.151. The number of hydrogen-bond acceptors (Lipinski definition) is 23. The Morgan fingerprint density at radius 1 is 0.460 bits per heavy atom. The molecule has 0 saturated carbocycles. The van der Waals surface area contributed by atoms with Crippen molar-refractivity contribution >= 4 is 53.5 Å². The van der Waals surface area contributed by atoms with Crippen LogP contribution in [0.1, 0.15) is 188 Å². The molecule has 0 aromatic rings. The number of carbonyl (C=O) groups excluding carboxylic acids is 6. The Morgan fingerprint density at radius 2 is 0.760 bits per heavy atom. The topological polar surface area (TPSA) is 389 Å². The van der Waals surface area contributed by atoms with Gasteiger partial charge in [-0.3, -0.25) is 28.8 Å². The number of esters is 2. The van der Waals surface area contributed by atoms with Crippen LogP contribution >= 0.6 is 7.82 Å². The van der Waals surface area contributed by atoms with Crippen LogP contribution in [0.5, 0.6) is 0 Å². The molecule has 0 saturated heterocycles. The minimum absolute atomic E-state index is 0. The molecule has 0 unspecified atom stereocenters. The number of carbonyl (C=O) groups is 6. The summed E-state index contributed by atoms with van der Waals surface area (Å²) in [7, 11) is -3.33. The van der Waals surface area contributed by atoms with Crippen molar-refractivity contribution in [1.82, 2.24) is 21.3 Å². The number of rotatable bonds is 54. The molecule has 0 aromatic heterocycles. The van der Waals surface area contributed by atoms with E-state index in [1.165, 1.54) is 0 Å². The summed E-state index contributed by atoms with van der Waals surface area (Å²) in [5, 5.41) is 11.6. The first-order valence-electron chi connectivity index (χ1n) is 34.7. The molecule has 0 heterocycles. The minimum atomic E-state index is -4.96. The number of unbranched alkanes of at least 4 members (excludes halogenated alkanes) is 1. The molecule has 4 amide bonds. The van der Waals surface area contributed by atoms with E-state index >= 15 is 0 Å². The van der Waals surface area contributed by atoms with Crippen LogP contribution < -0.4 is 95.9 Å². The number of nitrogens with zero attached hydrogens (tertiary/aromatic N) is 1. The van der Waals surface area contributed by atoms with E-state index in [-0.39, 0.29) is 123 Å². The van der Waals surface area contributed by atoms with E-state index in [1.807, 2.05) is 90.0 Å². The van der Waals surface area contributed by atoms with Gasteiger partial charge in [-0.2, -0.15) is 0 Å². The number of quaternary nitrogens is 1. The van der Waals surface area contributed by atoms with Crippen LogP contribution in [0.15, 0.2) is 12.2 Å². The number of phosphoric acid groups is 1. The van der Waals surface area contributed by atoms with Crippen molar-refractivity contribution in [2.75, 3.05) is 178 Å². The molecular formula is C68H137N6Na2O22PS. The van der Waals surface area contributed by atoms with E-state index in [9.17, 15) is 56.1 Å². The Morgan fingerprint density at radius 3 is 1.06 bits per heavy atom. The summed E-state index contributed by atoms with van der Waals surface area (Å²) in [6, 6.07) is 0. The zero-order valence-electron chi connectivity index (χ0n) is 66.0. The van der Waals surface area contributed by atoms with Crippen molar-refractivity contribution in [3.63, 3.8) is 0 Å². The Balaban J connectivity index is -0.000000220. The third-order valence-corrected chi connectivity index (χ3v) is 17.0. The smallest absolute Gasteiger partial charge is 0.790 e. The predicted molar refractivity (Wildman–Crippen MR) is 377 cm³/mol. The van der Waals surface area contributed by atoms with Crippen LogP contribution in [0.2, 0.25) is 0 Å². The van der Waals surface area contributed by atoms with Gasteiger partial charge in [-0.15, -0.1) is 0 Å². The first-order chi connectivity index (χ1) is 45.5. The van der Waals surface area contributed by atoms with Crippen LogP contribution in [-0.2, 0) is 90.6 Å². The van der Waals surface area contributed by atoms with Gasteiger partial charge in [0.25, 0.3) is 0 Å². The van der Waals surface area contributed by atoms with Crippen LogP contribution in [-0.4, -0.2) is 232 Å². The number of hydrogen-bond donors (Lipinski definition) is 5. The number of ether oxygens (including phenoxy) is 9. The van der Waals surface area contributed by atoms with Gasteiger partial charge in [-0.25, -0.2) is 8.42 Å². The van der Waals surface area contributed by atoms with Gasteiger partial charge < -0.3 is 97.5 Å². The van der Waals surface area contributed by atoms with Gasteiger partial charge in [0, 0.05) is 93.7 Å². The summed E-state index contributed by atoms with van der Waals surface area (Å²) in [4.78, 5) is 89.5. The molecule has 100 heavy (non-hydrogen) atoms. The quantitative estimate of drug-likeness (QED) is 0.0103. The molecule has 28 nitrogen and oxygen atoms in total. The second-order valence-electron chi connectivity index (χ2n) is 27.1. The van der Waals surface area contributed by atoms with Crippen molar-refractivity contribution in [1.29, 1.82) is 0 Å². The van der Waals surface area contributed by atoms with Crippen molar-refractivity contribution < 1.29 is 167 Å². The molecule has 0 aliphatic heterocycles. The Labute approximate surface area is 648 Å². The maximum absolute atomic E-state index is 11.9. The average Bonchev–Trinajstić information content (AvgIpc) is 0.936. The second kappa shape index (κ2) is 65.5. The number of methoxy groups -OCH3 is 1. The fourth-order valence-corrected chi connectivity index (χ4v) is 7.42. The van der Waals surface area contributed by atoms with E-state index < -0.39 is 35.9 Å². The molecule has 0 aliphatic carbocycles. The standard InChI is InChI=1S/C20H38N2O5.C16H34N2O4.C15H32N2O4S.C9H18O3.C8H17O6P.2Na/c1-6-20(4,5)19(24)22-10-8-12-26-14-16-27-15-13-25-11-7-9-21-18(23)17(2)3;1-4-16(2,3)15(19)18-8-6-10-21-12-14-22-13-11-20-9-5-7-17;1-6-15(2,3)14(18)16-10-9-12-17(4,5)11-7-8-13-22(19,20)21;1-5-9(2,3)8(10)12-7-6-11-4;1-4-8(2,3)7(9)13-5-6-14-15(10,11)12;;/h2,6-16H2,1,3-5H3,(H,21,23)(H,22,24);4-14,17H2,1-3H3,(H,18,19);6-13H2,1-5H3,(H-,16,18,19,20,21);5-7H2,1-4H3;4-6H2,1-3H3,(H2,10,11,12);;/q;;;;;2*+1/p-2. The maximum atomic E-state index is 11.9. The molecule has 0 aromatic carbocycles. The zero-order valence-corrected chi connectivity index (χ0v) is 71.7. The Hall–Kier alpha value is -1.78. The third-order valence-electron chi connectivity index (χ3n) is 15.7. The number of amides is 4. The van der Waals surface area contributed by atoms with E-state index in [0.717, 1.165) is 75.4 Å². The molecule has 0 bridgehead atoms. The summed E-state index contributed by atoms with van der Waals surface area (Å²) in [5.41, 5.74) is 3.96. The van der Waals surface area contributed by atoms with Crippen LogP contribution in [0.4, 0.5) is 0 Å². The van der Waals surface area contributed by atoms with E-state index in [0.29, 0.717) is 150 Å². The van der Waals surface area contributed by atoms with Gasteiger partial charge in [0.1, 0.15) is 13.2 Å². The third kappa shape index (κ3) is 71.8. The molecule has 0 radical (unpaired) electrons. The van der Waals surface area contributed by atoms with Crippen LogP contribution in [0, 0.1) is 27.1 Å². The summed E-state index contributed by atoms with van der Waals surface area (Å²) in [6.45, 7) is 45.9. The fourth-order valence-electron chi connectivity index (χ4n) is 6.57. The first kappa shape index (κ1) is 112. The SMILES string of the molecule is C=C(C)C(=O)NCCCOCCOCCOCCCNC(=O)C(C)(C)CC.CCC(C)(C)C(=O)NCCCOCCOCCOCCCN.CCC(C)(C)C(=O)NCCC[N+](C)(C)CCCCS(=O)(=O)[O-].CCC(C)(C)C(=O)OCCOC.CCC(C)(C)C(=O)OCCOP(=O)([O-])[O-].[Na+].[Na+]. The van der Waals surface area contributed by atoms with Crippen molar-refractivity contribution in [3.8, 4) is 0 Å². The van der Waals surface area contributed by atoms with E-state index in [2.05, 4.69) is 46.5 Å². The number of nitrogens with two attached hydrogens (primary N) is 1. The van der Waals surface area contributed by atoms with Crippen molar-refractivity contribution in [3.05, 3.63) is 12.2 Å². The Kier molecular flexibility index (Phi) is 73.1. The summed E-state index contributed by atoms with van der Waals surface area (Å²) >= 11 is 0. The molecule has 0 atom stereocenters. The monoisotopic (exact) mass is 1500 g/mol. The molecule has 32 heteroatoms. The van der Waals surface area contributed by atoms with Gasteiger partial charge in [-0.1, -0.05) is 82.7 Å². The van der Waals surface area contributed by atoms with Crippen molar-refractivity contribution in [2.24, 2.45) is 32.8 Å². The molecule has 0 spiro atoms. The van der Waals surface area contributed by atoms with E-state index in [4.69, 9.17) is 48.4 Å². The van der Waals surface area contributed by atoms with Gasteiger partial charge in [0.05, 0.1) is 122 Å². The molecule has 0 rings (SSSR count). The summed E-state index contributed by atoms with van der Waals surface area (Å²) in [5.74, 6) is -0.719. The fraction of sp³-hybridized carbons (Fsp3) is 0.882. The van der Waals surface area contributed by atoms with Crippen LogP contribution in [0.3, 0.4) is 0 Å². The molecular weight excluding hydrogens is 1360 g/mol. The normalized spacial score (nSPS) is 11.8. The summed E-state index contributed by atoms with van der Waals surface area (Å²) < 4.78 is 93.2. The largest absolute Gasteiger partial charge is 1.00 e. The van der Waals surface area contributed by atoms with Gasteiger partial charge in [0.15, 0.2) is 0 Å². The molecule has 584 valence electrons. The van der Waals surface area contributed by atoms with Gasteiger partial charge >= 0.3 is 71.1 Å². The number of nitrogens with one attached hydrogen (secondary N) is 4. The number of phosphoric ester groups is 1. The molecule has 0 fully saturated rings.